The number of carbonyl (C=O) groups is 1. The summed E-state index contributed by atoms with van der Waals surface area (Å²) < 4.78 is 8.82. The lowest BCUT2D eigenvalue weighted by Crippen LogP contribution is -2.21. The van der Waals surface area contributed by atoms with E-state index in [1.54, 1.807) is 17.7 Å². The normalized spacial score (nSPS) is 13.1. The molecule has 3 aromatic rings. The molecule has 1 heterocycles. The zero-order valence-corrected chi connectivity index (χ0v) is 17.7. The zero-order chi connectivity index (χ0) is 20.8. The first-order valence-corrected chi connectivity index (χ1v) is 10.2. The highest BCUT2D eigenvalue weighted by molar-refractivity contribution is 9.10. The molecule has 2 atom stereocenters. The molecule has 0 unspecified atom stereocenters. The quantitative estimate of drug-likeness (QED) is 0.509. The molecular formula is C22H24BrN3O3. The van der Waals surface area contributed by atoms with Crippen LogP contribution < -0.4 is 10.5 Å². The second-order valence-corrected chi connectivity index (χ2v) is 7.86. The fourth-order valence-corrected chi connectivity index (χ4v) is 3.45. The Morgan fingerprint density at radius 2 is 1.97 bits per heavy atom. The number of ether oxygens (including phenoxy) is 1. The molecule has 152 valence electrons. The molecule has 0 bridgehead atoms. The van der Waals surface area contributed by atoms with Crippen LogP contribution in [0.15, 0.2) is 65.5 Å². The highest BCUT2D eigenvalue weighted by Crippen LogP contribution is 2.26. The van der Waals surface area contributed by atoms with Crippen molar-refractivity contribution >= 4 is 21.8 Å². The van der Waals surface area contributed by atoms with Crippen LogP contribution in [0.3, 0.4) is 0 Å². The maximum atomic E-state index is 11.3. The van der Waals surface area contributed by atoms with Crippen molar-refractivity contribution in [3.63, 3.8) is 0 Å². The minimum Gasteiger partial charge on any atom is -0.489 e. The Kier molecular flexibility index (Phi) is 7.06. The predicted molar refractivity (Wildman–Crippen MR) is 115 cm³/mol. The van der Waals surface area contributed by atoms with Gasteiger partial charge in [0, 0.05) is 10.7 Å². The molecule has 0 radical (unpaired) electrons. The van der Waals surface area contributed by atoms with Gasteiger partial charge in [-0.1, -0.05) is 46.3 Å². The second-order valence-electron chi connectivity index (χ2n) is 6.94. The first-order valence-electron chi connectivity index (χ1n) is 9.40. The maximum absolute atomic E-state index is 11.3. The molecule has 7 heteroatoms. The molecule has 3 rings (SSSR count). The van der Waals surface area contributed by atoms with Crippen LogP contribution in [0.2, 0.25) is 0 Å². The van der Waals surface area contributed by atoms with Crippen LogP contribution in [0.25, 0.3) is 0 Å². The number of aliphatic hydroxyl groups excluding tert-OH is 1. The van der Waals surface area contributed by atoms with Gasteiger partial charge in [0.2, 0.25) is 0 Å². The average molecular weight is 458 g/mol. The van der Waals surface area contributed by atoms with Gasteiger partial charge in [-0.05, 0) is 49.1 Å². The molecule has 1 amide bonds. The van der Waals surface area contributed by atoms with Gasteiger partial charge in [0.05, 0.1) is 18.5 Å². The van der Waals surface area contributed by atoms with Gasteiger partial charge in [-0.2, -0.15) is 0 Å². The van der Waals surface area contributed by atoms with Gasteiger partial charge < -0.3 is 20.1 Å². The first-order chi connectivity index (χ1) is 13.9. The minimum absolute atomic E-state index is 0.189. The molecule has 0 aliphatic carbocycles. The fourth-order valence-electron chi connectivity index (χ4n) is 3.18. The number of halogens is 1. The van der Waals surface area contributed by atoms with Crippen molar-refractivity contribution in [2.45, 2.75) is 38.5 Å². The number of aryl methyl sites for hydroxylation is 1. The number of amides is 1. The predicted octanol–water partition coefficient (Wildman–Crippen LogP) is 3.88. The molecule has 0 saturated heterocycles. The Morgan fingerprint density at radius 3 is 2.62 bits per heavy atom. The highest BCUT2D eigenvalue weighted by Gasteiger charge is 2.19. The Morgan fingerprint density at radius 1 is 1.24 bits per heavy atom. The lowest BCUT2D eigenvalue weighted by atomic mass is 10.0. The molecule has 0 saturated carbocycles. The number of hydrogen-bond donors (Lipinski definition) is 2. The Bertz CT molecular complexity index is 954. The molecule has 0 aliphatic heterocycles. The number of hydrogen-bond acceptors (Lipinski definition) is 4. The number of primary amides is 1. The van der Waals surface area contributed by atoms with Crippen molar-refractivity contribution in [3.8, 4) is 5.75 Å². The Hall–Kier alpha value is -2.64. The highest BCUT2D eigenvalue weighted by atomic mass is 79.9. The summed E-state index contributed by atoms with van der Waals surface area (Å²) in [5, 5.41) is 10.2. The lowest BCUT2D eigenvalue weighted by molar-refractivity contribution is 0.0994. The molecule has 0 spiro atoms. The van der Waals surface area contributed by atoms with E-state index in [1.807, 2.05) is 48.5 Å². The third-order valence-corrected chi connectivity index (χ3v) is 5.31. The maximum Gasteiger partial charge on any atom is 0.268 e. The summed E-state index contributed by atoms with van der Waals surface area (Å²) in [6, 6.07) is 15.7. The van der Waals surface area contributed by atoms with E-state index in [1.165, 1.54) is 6.33 Å². The van der Waals surface area contributed by atoms with Crippen molar-refractivity contribution < 1.29 is 14.6 Å². The number of benzene rings is 2. The molecular weight excluding hydrogens is 434 g/mol. The number of aromatic nitrogens is 2. The summed E-state index contributed by atoms with van der Waals surface area (Å²) in [7, 11) is 0. The van der Waals surface area contributed by atoms with Crippen LogP contribution in [0.5, 0.6) is 5.75 Å². The van der Waals surface area contributed by atoms with Crippen molar-refractivity contribution in [1.29, 1.82) is 0 Å². The summed E-state index contributed by atoms with van der Waals surface area (Å²) in [6.45, 7) is 2.21. The van der Waals surface area contributed by atoms with Gasteiger partial charge in [-0.3, -0.25) is 4.79 Å². The number of nitrogens with two attached hydrogens (primary N) is 1. The summed E-state index contributed by atoms with van der Waals surface area (Å²) in [6.07, 6.45) is 3.87. The molecule has 29 heavy (non-hydrogen) atoms. The van der Waals surface area contributed by atoms with Gasteiger partial charge in [-0.15, -0.1) is 0 Å². The molecule has 0 aliphatic rings. The summed E-state index contributed by atoms with van der Waals surface area (Å²) in [5.74, 6) is 0.239. The smallest absolute Gasteiger partial charge is 0.268 e. The topological polar surface area (TPSA) is 90.4 Å². The van der Waals surface area contributed by atoms with Gasteiger partial charge in [0.15, 0.2) is 0 Å². The Balaban J connectivity index is 1.68. The van der Waals surface area contributed by atoms with E-state index in [4.69, 9.17) is 10.5 Å². The van der Waals surface area contributed by atoms with E-state index < -0.39 is 12.0 Å². The van der Waals surface area contributed by atoms with Crippen LogP contribution in [-0.4, -0.2) is 26.7 Å². The minimum atomic E-state index is -0.610. The van der Waals surface area contributed by atoms with Crippen LogP contribution in [0, 0.1) is 0 Å². The fraction of sp³-hybridized carbons (Fsp3) is 0.273. The van der Waals surface area contributed by atoms with Crippen molar-refractivity contribution in [1.82, 2.24) is 9.55 Å². The number of rotatable bonds is 9. The monoisotopic (exact) mass is 457 g/mol. The van der Waals surface area contributed by atoms with Crippen LogP contribution in [0.1, 0.15) is 41.0 Å². The Labute approximate surface area is 178 Å². The number of imidazole rings is 1. The molecule has 2 aromatic carbocycles. The van der Waals surface area contributed by atoms with Crippen molar-refractivity contribution in [3.05, 3.63) is 82.3 Å². The second kappa shape index (κ2) is 9.71. The zero-order valence-electron chi connectivity index (χ0n) is 16.2. The third kappa shape index (κ3) is 5.68. The SMILES string of the molecule is C[C@H](O)[C@@H](CCc1ccccc1OCc1ccc(Br)cc1)n1cnc(C(N)=O)c1. The molecule has 3 N–H and O–H groups in total. The van der Waals surface area contributed by atoms with Gasteiger partial charge in [0.25, 0.3) is 5.91 Å². The van der Waals surface area contributed by atoms with Crippen molar-refractivity contribution in [2.24, 2.45) is 5.73 Å². The molecule has 1 aromatic heterocycles. The van der Waals surface area contributed by atoms with E-state index in [0.717, 1.165) is 21.3 Å². The van der Waals surface area contributed by atoms with Crippen LogP contribution in [-0.2, 0) is 13.0 Å². The number of nitrogens with zero attached hydrogens (tertiary/aromatic N) is 2. The van der Waals surface area contributed by atoms with E-state index in [2.05, 4.69) is 20.9 Å². The number of aliphatic hydroxyl groups is 1. The lowest BCUT2D eigenvalue weighted by Gasteiger charge is -2.22. The largest absolute Gasteiger partial charge is 0.489 e. The first kappa shape index (κ1) is 21.1. The van der Waals surface area contributed by atoms with E-state index in [-0.39, 0.29) is 11.7 Å². The van der Waals surface area contributed by atoms with Gasteiger partial charge in [-0.25, -0.2) is 4.98 Å². The summed E-state index contributed by atoms with van der Waals surface area (Å²) >= 11 is 3.43. The average Bonchev–Trinajstić information content (AvgIpc) is 3.18. The summed E-state index contributed by atoms with van der Waals surface area (Å²) in [5.41, 5.74) is 7.62. The van der Waals surface area contributed by atoms with Gasteiger partial charge in [0.1, 0.15) is 18.1 Å². The number of carbonyl (C=O) groups excluding carboxylic acids is 1. The standard InChI is InChI=1S/C22H24BrN3O3/c1-15(27)20(26-12-19(22(24)28)25-14-26)11-8-17-4-2-3-5-21(17)29-13-16-6-9-18(23)10-7-16/h2-7,9-10,12,14-15,20,27H,8,11,13H2,1H3,(H2,24,28)/t15-,20+/m0/s1. The van der Waals surface area contributed by atoms with Crippen LogP contribution >= 0.6 is 15.9 Å². The summed E-state index contributed by atoms with van der Waals surface area (Å²) in [4.78, 5) is 15.3. The van der Waals surface area contributed by atoms with Crippen molar-refractivity contribution in [2.75, 3.05) is 0 Å². The van der Waals surface area contributed by atoms with E-state index in [9.17, 15) is 9.90 Å². The molecule has 6 nitrogen and oxygen atoms in total. The molecule has 0 fully saturated rings. The van der Waals surface area contributed by atoms with E-state index in [0.29, 0.717) is 19.4 Å². The van der Waals surface area contributed by atoms with Crippen LogP contribution in [0.4, 0.5) is 0 Å². The third-order valence-electron chi connectivity index (χ3n) is 4.78. The number of para-hydroxylation sites is 1. The van der Waals surface area contributed by atoms with E-state index >= 15 is 0 Å². The van der Waals surface area contributed by atoms with Gasteiger partial charge >= 0.3 is 0 Å².